The van der Waals surface area contributed by atoms with Crippen LogP contribution >= 0.6 is 0 Å². The molecule has 0 atom stereocenters. The summed E-state index contributed by atoms with van der Waals surface area (Å²) >= 11 is 1.27. The molecule has 3 heteroatoms. The van der Waals surface area contributed by atoms with Gasteiger partial charge in [0.15, 0.2) is 0 Å². The molecule has 2 aliphatic rings. The summed E-state index contributed by atoms with van der Waals surface area (Å²) in [6.07, 6.45) is 15.4. The van der Waals surface area contributed by atoms with Crippen molar-refractivity contribution in [3.8, 4) is 0 Å². The average Bonchev–Trinajstić information content (AvgIpc) is 3.03. The van der Waals surface area contributed by atoms with Gasteiger partial charge >= 0.3 is 41.0 Å². The molecule has 0 fully saturated rings. The Labute approximate surface area is 151 Å². The second-order valence-corrected chi connectivity index (χ2v) is 8.38. The number of hydrogen-bond acceptors (Lipinski definition) is 0. The molecule has 0 radical (unpaired) electrons. The molecule has 0 aliphatic heterocycles. The summed E-state index contributed by atoms with van der Waals surface area (Å²) in [7, 11) is 0. The van der Waals surface area contributed by atoms with Crippen LogP contribution in [-0.4, -0.2) is 3.26 Å². The van der Waals surface area contributed by atoms with Crippen molar-refractivity contribution in [1.82, 2.24) is 0 Å². The van der Waals surface area contributed by atoms with Gasteiger partial charge in [0.2, 0.25) is 0 Å². The van der Waals surface area contributed by atoms with Gasteiger partial charge < -0.3 is 24.8 Å². The monoisotopic (exact) mass is 476 g/mol. The largest absolute Gasteiger partial charge is 1.00 e. The van der Waals surface area contributed by atoms with Gasteiger partial charge in [0.1, 0.15) is 0 Å². The SMILES string of the molecule is C[C](C)=[Hf+2].[C-]1=CC=CC1.[Cl-].[Cl-].c1cc2c([cH-]1)CCCC2. The molecule has 0 saturated carbocycles. The predicted octanol–water partition coefficient (Wildman–Crippen LogP) is -1.66. The summed E-state index contributed by atoms with van der Waals surface area (Å²) in [5.41, 5.74) is 3.20. The Morgan fingerprint density at radius 2 is 1.85 bits per heavy atom. The van der Waals surface area contributed by atoms with Gasteiger partial charge in [0, 0.05) is 0 Å². The first kappa shape index (κ1) is 22.4. The second kappa shape index (κ2) is 14.1. The van der Waals surface area contributed by atoms with Crippen molar-refractivity contribution in [2.75, 3.05) is 0 Å². The molecular weight excluding hydrogens is 454 g/mol. The van der Waals surface area contributed by atoms with Crippen LogP contribution in [0.3, 0.4) is 0 Å². The number of hydrogen-bond donors (Lipinski definition) is 0. The van der Waals surface area contributed by atoms with Crippen LogP contribution in [0.2, 0.25) is 0 Å². The molecule has 0 saturated heterocycles. The van der Waals surface area contributed by atoms with Crippen molar-refractivity contribution in [2.24, 2.45) is 0 Å². The third-order valence-electron chi connectivity index (χ3n) is 2.74. The van der Waals surface area contributed by atoms with E-state index >= 15 is 0 Å². The van der Waals surface area contributed by atoms with Crippen LogP contribution in [0.25, 0.3) is 0 Å². The maximum absolute atomic E-state index is 2.99. The van der Waals surface area contributed by atoms with Crippen LogP contribution in [-0.2, 0) is 36.7 Å². The van der Waals surface area contributed by atoms with E-state index in [4.69, 9.17) is 0 Å². The maximum atomic E-state index is 2.99. The minimum atomic E-state index is 0. The number of aryl methyl sites for hydroxylation is 2. The van der Waals surface area contributed by atoms with Crippen molar-refractivity contribution in [1.29, 1.82) is 0 Å². The summed E-state index contributed by atoms with van der Waals surface area (Å²) in [5.74, 6) is 0. The van der Waals surface area contributed by atoms with E-state index in [1.807, 2.05) is 12.2 Å². The summed E-state index contributed by atoms with van der Waals surface area (Å²) in [4.78, 5) is 0. The normalized spacial score (nSPS) is 13.6. The van der Waals surface area contributed by atoms with Gasteiger partial charge in [-0.1, -0.05) is 25.7 Å². The molecular formula is C17H22Cl2Hf-2. The molecule has 110 valence electrons. The Morgan fingerprint density at radius 1 is 1.20 bits per heavy atom. The summed E-state index contributed by atoms with van der Waals surface area (Å²) in [6, 6.07) is 6.69. The molecule has 0 heterocycles. The van der Waals surface area contributed by atoms with Crippen LogP contribution in [0.15, 0.2) is 36.4 Å². The fraction of sp³-hybridized carbons (Fsp3) is 0.412. The summed E-state index contributed by atoms with van der Waals surface area (Å²) in [5, 5.41) is 0. The van der Waals surface area contributed by atoms with Crippen molar-refractivity contribution >= 4 is 3.26 Å². The van der Waals surface area contributed by atoms with Gasteiger partial charge in [0.25, 0.3) is 0 Å². The van der Waals surface area contributed by atoms with Crippen LogP contribution in [0.4, 0.5) is 0 Å². The molecule has 0 amide bonds. The molecule has 0 N–H and O–H groups in total. The quantitative estimate of drug-likeness (QED) is 0.311. The second-order valence-electron chi connectivity index (χ2n) is 4.79. The van der Waals surface area contributed by atoms with Crippen molar-refractivity contribution in [3.05, 3.63) is 53.6 Å². The van der Waals surface area contributed by atoms with E-state index in [9.17, 15) is 0 Å². The molecule has 1 aromatic rings. The van der Waals surface area contributed by atoms with E-state index in [-0.39, 0.29) is 24.8 Å². The Bertz CT molecular complexity index is 382. The zero-order chi connectivity index (χ0) is 13.2. The topological polar surface area (TPSA) is 0 Å². The third-order valence-corrected chi connectivity index (χ3v) is 2.74. The van der Waals surface area contributed by atoms with E-state index in [2.05, 4.69) is 44.2 Å². The van der Waals surface area contributed by atoms with E-state index in [1.54, 1.807) is 14.4 Å². The van der Waals surface area contributed by atoms with Crippen LogP contribution < -0.4 is 24.8 Å². The Hall–Kier alpha value is 0.150. The van der Waals surface area contributed by atoms with Crippen molar-refractivity contribution in [2.45, 2.75) is 46.0 Å². The molecule has 2 aliphatic carbocycles. The van der Waals surface area contributed by atoms with Crippen LogP contribution in [0, 0.1) is 6.08 Å². The maximum Gasteiger partial charge on any atom is -0.0512 e. The smallest absolute Gasteiger partial charge is 0.0512 e. The first-order chi connectivity index (χ1) is 8.70. The van der Waals surface area contributed by atoms with Crippen LogP contribution in [0.1, 0.15) is 44.2 Å². The van der Waals surface area contributed by atoms with E-state index in [0.29, 0.717) is 0 Å². The van der Waals surface area contributed by atoms with Gasteiger partial charge in [0.05, 0.1) is 0 Å². The third kappa shape index (κ3) is 10.9. The number of rotatable bonds is 0. The Morgan fingerprint density at radius 3 is 2.30 bits per heavy atom. The van der Waals surface area contributed by atoms with Gasteiger partial charge in [-0.15, -0.1) is 6.42 Å². The first-order valence-corrected chi connectivity index (χ1v) is 8.46. The summed E-state index contributed by atoms with van der Waals surface area (Å²) < 4.78 is 1.56. The zero-order valence-electron chi connectivity index (χ0n) is 12.3. The predicted molar refractivity (Wildman–Crippen MR) is 76.6 cm³/mol. The van der Waals surface area contributed by atoms with Gasteiger partial charge in [-0.2, -0.15) is 29.3 Å². The average molecular weight is 476 g/mol. The molecule has 0 unspecified atom stereocenters. The zero-order valence-corrected chi connectivity index (χ0v) is 17.4. The fourth-order valence-electron chi connectivity index (χ4n) is 1.95. The molecule has 1 aromatic carbocycles. The van der Waals surface area contributed by atoms with Crippen molar-refractivity contribution < 1.29 is 48.7 Å². The van der Waals surface area contributed by atoms with Gasteiger partial charge in [-0.05, 0) is 0 Å². The van der Waals surface area contributed by atoms with Gasteiger partial charge in [-0.25, -0.2) is 18.2 Å². The molecule has 0 nitrogen and oxygen atoms in total. The number of halogens is 2. The van der Waals surface area contributed by atoms with Crippen molar-refractivity contribution in [3.63, 3.8) is 0 Å². The Balaban J connectivity index is 0. The van der Waals surface area contributed by atoms with Crippen LogP contribution in [0.5, 0.6) is 0 Å². The molecule has 0 aromatic heterocycles. The fourth-order valence-corrected chi connectivity index (χ4v) is 1.95. The summed E-state index contributed by atoms with van der Waals surface area (Å²) in [6.45, 7) is 4.29. The molecule has 0 bridgehead atoms. The molecule has 3 rings (SSSR count). The standard InChI is InChI=1S/C9H11.C5H5.C3H6.2ClH.Hf/c1-2-5-9-7-3-6-8(9)4-1;1-2-4-5-3-1;1-3-2;;;/h3,6-7H,1-2,4-5H2;1-3H,4H2;1-2H3;2*1H;/q2*-1;;;;+2/p-2. The first-order valence-electron chi connectivity index (χ1n) is 6.67. The minimum absolute atomic E-state index is 0. The minimum Gasteiger partial charge on any atom is -1.00 e. The van der Waals surface area contributed by atoms with Gasteiger partial charge in [-0.3, -0.25) is 6.08 Å². The number of fused-ring (bicyclic) bond motifs is 1. The van der Waals surface area contributed by atoms with E-state index in [1.165, 1.54) is 49.6 Å². The van der Waals surface area contributed by atoms with E-state index in [0.717, 1.165) is 6.42 Å². The molecule has 0 spiro atoms. The number of allylic oxidation sites excluding steroid dienone is 4. The molecule has 20 heavy (non-hydrogen) atoms. The van der Waals surface area contributed by atoms with E-state index < -0.39 is 0 Å². The Kier molecular flexibility index (Phi) is 15.8.